The van der Waals surface area contributed by atoms with E-state index in [1.165, 1.54) is 24.1 Å². The quantitative estimate of drug-likeness (QED) is 0.755. The summed E-state index contributed by atoms with van der Waals surface area (Å²) in [7, 11) is 6.59. The highest BCUT2D eigenvalue weighted by molar-refractivity contribution is 9.13. The van der Waals surface area contributed by atoms with E-state index >= 15 is 0 Å². The molecule has 1 atom stereocenters. The molecule has 1 unspecified atom stereocenters. The van der Waals surface area contributed by atoms with Gasteiger partial charge in [0.05, 0.1) is 9.83 Å². The van der Waals surface area contributed by atoms with E-state index in [0.717, 1.165) is 14.8 Å². The van der Waals surface area contributed by atoms with Crippen molar-refractivity contribution >= 4 is 43.2 Å². The molecule has 0 aliphatic heterocycles. The van der Waals surface area contributed by atoms with Crippen molar-refractivity contribution < 1.29 is 0 Å². The number of thiophene rings is 1. The summed E-state index contributed by atoms with van der Waals surface area (Å²) in [5.74, 6) is 0. The van der Waals surface area contributed by atoms with Gasteiger partial charge in [0.25, 0.3) is 0 Å². The second-order valence-corrected chi connectivity index (χ2v) is 9.17. The molecule has 114 valence electrons. The second kappa shape index (κ2) is 6.75. The van der Waals surface area contributed by atoms with Gasteiger partial charge in [-0.05, 0) is 78.3 Å². The molecule has 0 aromatic carbocycles. The Morgan fingerprint density at radius 3 is 2.35 bits per heavy atom. The summed E-state index contributed by atoms with van der Waals surface area (Å²) in [6, 6.07) is 2.48. The first-order chi connectivity index (χ1) is 9.39. The highest BCUT2D eigenvalue weighted by atomic mass is 79.9. The molecule has 1 aliphatic carbocycles. The van der Waals surface area contributed by atoms with E-state index < -0.39 is 0 Å². The summed E-state index contributed by atoms with van der Waals surface area (Å²) in [6.45, 7) is 1.73. The van der Waals surface area contributed by atoms with E-state index in [2.05, 4.69) is 68.9 Å². The molecular formula is C14H23Br2N3S. The van der Waals surface area contributed by atoms with Crippen molar-refractivity contribution in [2.45, 2.75) is 30.8 Å². The van der Waals surface area contributed by atoms with Gasteiger partial charge in [-0.15, -0.1) is 11.3 Å². The Bertz CT molecular complexity index is 438. The third-order valence-corrected chi connectivity index (χ3v) is 7.88. The summed E-state index contributed by atoms with van der Waals surface area (Å²) in [5.41, 5.74) is 6.38. The van der Waals surface area contributed by atoms with E-state index in [9.17, 15) is 0 Å². The van der Waals surface area contributed by atoms with Crippen LogP contribution in [0.3, 0.4) is 0 Å². The first-order valence-corrected chi connectivity index (χ1v) is 9.32. The van der Waals surface area contributed by atoms with E-state index in [4.69, 9.17) is 5.73 Å². The molecule has 1 fully saturated rings. The van der Waals surface area contributed by atoms with E-state index in [1.54, 1.807) is 11.3 Å². The zero-order valence-corrected chi connectivity index (χ0v) is 16.3. The van der Waals surface area contributed by atoms with Crippen LogP contribution in [0.25, 0.3) is 0 Å². The zero-order chi connectivity index (χ0) is 14.9. The lowest BCUT2D eigenvalue weighted by atomic mass is 9.75. The minimum atomic E-state index is 0.292. The maximum atomic E-state index is 6.04. The maximum Gasteiger partial charge on any atom is 0.0843 e. The predicted octanol–water partition coefficient (Wildman–Crippen LogP) is 3.69. The first kappa shape index (κ1) is 16.9. The molecule has 0 radical (unpaired) electrons. The Labute approximate surface area is 142 Å². The van der Waals surface area contributed by atoms with Gasteiger partial charge in [0.2, 0.25) is 0 Å². The van der Waals surface area contributed by atoms with Crippen LogP contribution in [0.15, 0.2) is 14.3 Å². The molecule has 3 nitrogen and oxygen atoms in total. The van der Waals surface area contributed by atoms with Gasteiger partial charge in [-0.25, -0.2) is 0 Å². The molecule has 1 aromatic rings. The molecule has 1 saturated carbocycles. The largest absolute Gasteiger partial charge is 0.329 e. The normalized spacial score (nSPS) is 19.4. The van der Waals surface area contributed by atoms with E-state index in [0.29, 0.717) is 18.1 Å². The van der Waals surface area contributed by atoms with E-state index in [-0.39, 0.29) is 0 Å². The summed E-state index contributed by atoms with van der Waals surface area (Å²) in [5, 5.41) is 0. The lowest BCUT2D eigenvalue weighted by Crippen LogP contribution is -2.57. The molecule has 0 saturated heterocycles. The number of hydrogen-bond acceptors (Lipinski definition) is 4. The summed E-state index contributed by atoms with van der Waals surface area (Å²) >= 11 is 8.91. The van der Waals surface area contributed by atoms with Crippen LogP contribution in [-0.4, -0.2) is 49.6 Å². The molecular weight excluding hydrogens is 402 g/mol. The lowest BCUT2D eigenvalue weighted by molar-refractivity contribution is 0.0172. The van der Waals surface area contributed by atoms with Crippen LogP contribution in [0.4, 0.5) is 0 Å². The number of nitrogens with two attached hydrogens (primary N) is 1. The van der Waals surface area contributed by atoms with Crippen molar-refractivity contribution in [3.05, 3.63) is 19.2 Å². The van der Waals surface area contributed by atoms with Gasteiger partial charge in [-0.2, -0.15) is 0 Å². The molecule has 1 aromatic heterocycles. The number of rotatable bonds is 6. The topological polar surface area (TPSA) is 32.5 Å². The Morgan fingerprint density at radius 1 is 1.35 bits per heavy atom. The second-order valence-electron chi connectivity index (χ2n) is 5.91. The number of likely N-dealkylation sites (N-methyl/N-ethyl adjacent to an activating group) is 2. The van der Waals surface area contributed by atoms with Crippen LogP contribution >= 0.6 is 43.2 Å². The fourth-order valence-corrected chi connectivity index (χ4v) is 5.22. The van der Waals surface area contributed by atoms with Gasteiger partial charge in [0.1, 0.15) is 0 Å². The lowest BCUT2D eigenvalue weighted by Gasteiger charge is -2.50. The third-order valence-electron chi connectivity index (χ3n) is 4.52. The summed E-state index contributed by atoms with van der Waals surface area (Å²) in [4.78, 5) is 6.13. The minimum Gasteiger partial charge on any atom is -0.329 e. The molecule has 6 heteroatoms. The van der Waals surface area contributed by atoms with Gasteiger partial charge in [-0.3, -0.25) is 4.90 Å². The van der Waals surface area contributed by atoms with Crippen LogP contribution in [0.5, 0.6) is 0 Å². The summed E-state index contributed by atoms with van der Waals surface area (Å²) < 4.78 is 2.26. The van der Waals surface area contributed by atoms with Crippen molar-refractivity contribution in [2.75, 3.05) is 34.2 Å². The first-order valence-electron chi connectivity index (χ1n) is 6.92. The molecule has 0 spiro atoms. The van der Waals surface area contributed by atoms with Crippen LogP contribution < -0.4 is 5.73 Å². The maximum absolute atomic E-state index is 6.04. The summed E-state index contributed by atoms with van der Waals surface area (Å²) in [6.07, 6.45) is 3.92. The van der Waals surface area contributed by atoms with Crippen molar-refractivity contribution in [3.8, 4) is 0 Å². The standard InChI is InChI=1S/C14H23Br2N3S/c1-18(2)14(5-4-6-14)9-19(3)11(8-17)12-7-10(15)13(16)20-12/h7,11H,4-6,8-9,17H2,1-3H3. The van der Waals surface area contributed by atoms with Crippen molar-refractivity contribution in [2.24, 2.45) is 5.73 Å². The van der Waals surface area contributed by atoms with Crippen LogP contribution in [0.1, 0.15) is 30.2 Å². The minimum absolute atomic E-state index is 0.292. The van der Waals surface area contributed by atoms with Crippen LogP contribution in [-0.2, 0) is 0 Å². The van der Waals surface area contributed by atoms with Crippen molar-refractivity contribution in [1.82, 2.24) is 9.80 Å². The monoisotopic (exact) mass is 423 g/mol. The van der Waals surface area contributed by atoms with Crippen LogP contribution in [0, 0.1) is 0 Å². The van der Waals surface area contributed by atoms with Gasteiger partial charge in [0.15, 0.2) is 0 Å². The zero-order valence-electron chi connectivity index (χ0n) is 12.3. The smallest absolute Gasteiger partial charge is 0.0843 e. The number of nitrogens with zero attached hydrogens (tertiary/aromatic N) is 2. The van der Waals surface area contributed by atoms with Gasteiger partial charge >= 0.3 is 0 Å². The highest BCUT2D eigenvalue weighted by Gasteiger charge is 2.40. The van der Waals surface area contributed by atoms with Crippen molar-refractivity contribution in [3.63, 3.8) is 0 Å². The Hall–Kier alpha value is 0.540. The fraction of sp³-hybridized carbons (Fsp3) is 0.714. The molecule has 2 rings (SSSR count). The Balaban J connectivity index is 2.11. The average molecular weight is 425 g/mol. The van der Waals surface area contributed by atoms with Gasteiger partial charge in [-0.1, -0.05) is 0 Å². The van der Waals surface area contributed by atoms with Crippen molar-refractivity contribution in [1.29, 1.82) is 0 Å². The molecule has 1 aliphatic rings. The molecule has 2 N–H and O–H groups in total. The van der Waals surface area contributed by atoms with Gasteiger partial charge < -0.3 is 10.6 Å². The molecule has 20 heavy (non-hydrogen) atoms. The predicted molar refractivity (Wildman–Crippen MR) is 94.4 cm³/mol. The Morgan fingerprint density at radius 2 is 2.00 bits per heavy atom. The molecule has 0 bridgehead atoms. The molecule has 1 heterocycles. The Kier molecular flexibility index (Phi) is 5.71. The molecule has 0 amide bonds. The number of hydrogen-bond donors (Lipinski definition) is 1. The van der Waals surface area contributed by atoms with Gasteiger partial charge in [0, 0.05) is 28.0 Å². The average Bonchev–Trinajstić information content (AvgIpc) is 2.64. The highest BCUT2D eigenvalue weighted by Crippen LogP contribution is 2.40. The van der Waals surface area contributed by atoms with Crippen LogP contribution in [0.2, 0.25) is 0 Å². The number of halogens is 2. The third kappa shape index (κ3) is 3.31. The SMILES string of the molecule is CN(CC1(N(C)C)CCC1)C(CN)c1cc(Br)c(Br)s1. The fourth-order valence-electron chi connectivity index (χ4n) is 2.95. The van der Waals surface area contributed by atoms with E-state index in [1.807, 2.05) is 0 Å².